The molecule has 0 spiro atoms. The van der Waals surface area contributed by atoms with E-state index in [1.54, 1.807) is 4.90 Å². The number of anilines is 1. The van der Waals surface area contributed by atoms with Crippen molar-refractivity contribution in [3.05, 3.63) is 41.7 Å². The molecule has 2 aromatic rings. The van der Waals surface area contributed by atoms with Gasteiger partial charge in [0.25, 0.3) is 5.91 Å². The van der Waals surface area contributed by atoms with Crippen LogP contribution in [0.1, 0.15) is 35.9 Å². The fraction of sp³-hybridized carbons (Fsp3) is 0.357. The van der Waals surface area contributed by atoms with Crippen molar-refractivity contribution in [2.24, 2.45) is 0 Å². The molecule has 19 heavy (non-hydrogen) atoms. The highest BCUT2D eigenvalue weighted by atomic mass is 32.1. The number of hydrogen-bond donors (Lipinski definition) is 0. The van der Waals surface area contributed by atoms with Gasteiger partial charge < -0.3 is 0 Å². The van der Waals surface area contributed by atoms with Crippen molar-refractivity contribution in [2.75, 3.05) is 11.4 Å². The van der Waals surface area contributed by atoms with Crippen LogP contribution in [-0.4, -0.2) is 21.8 Å². The third-order valence-corrected chi connectivity index (χ3v) is 3.58. The van der Waals surface area contributed by atoms with E-state index in [9.17, 15) is 4.79 Å². The lowest BCUT2D eigenvalue weighted by molar-refractivity contribution is 0.0986. The minimum atomic E-state index is -0.00907. The molecular weight excluding hydrogens is 258 g/mol. The summed E-state index contributed by atoms with van der Waals surface area (Å²) in [5, 5.41) is 0.680. The SMILES string of the molecule is CCCCN(C(=O)c1ccccc1)c1nc(C)ns1. The van der Waals surface area contributed by atoms with Gasteiger partial charge in [0.2, 0.25) is 5.13 Å². The molecule has 100 valence electrons. The summed E-state index contributed by atoms with van der Waals surface area (Å²) in [5.41, 5.74) is 0.687. The molecule has 0 saturated carbocycles. The van der Waals surface area contributed by atoms with Crippen molar-refractivity contribution < 1.29 is 4.79 Å². The van der Waals surface area contributed by atoms with E-state index >= 15 is 0 Å². The summed E-state index contributed by atoms with van der Waals surface area (Å²) in [6, 6.07) is 9.31. The predicted molar refractivity (Wildman–Crippen MR) is 77.7 cm³/mol. The molecule has 0 saturated heterocycles. The molecule has 1 aromatic heterocycles. The number of unbranched alkanes of at least 4 members (excludes halogenated alkanes) is 1. The highest BCUT2D eigenvalue weighted by Gasteiger charge is 2.20. The topological polar surface area (TPSA) is 46.1 Å². The van der Waals surface area contributed by atoms with Crippen LogP contribution in [0.5, 0.6) is 0 Å². The molecule has 0 radical (unpaired) electrons. The summed E-state index contributed by atoms with van der Waals surface area (Å²) in [4.78, 5) is 18.6. The standard InChI is InChI=1S/C14H17N3OS/c1-3-4-10-17(14-15-11(2)16-19-14)13(18)12-8-6-5-7-9-12/h5-9H,3-4,10H2,1-2H3. The molecule has 1 aromatic carbocycles. The Morgan fingerprint density at radius 3 is 2.63 bits per heavy atom. The minimum absolute atomic E-state index is 0.00907. The molecule has 5 heteroatoms. The predicted octanol–water partition coefficient (Wildman–Crippen LogP) is 3.29. The van der Waals surface area contributed by atoms with Gasteiger partial charge in [-0.25, -0.2) is 4.98 Å². The Morgan fingerprint density at radius 2 is 2.05 bits per heavy atom. The third-order valence-electron chi connectivity index (χ3n) is 2.75. The van der Waals surface area contributed by atoms with Crippen LogP contribution >= 0.6 is 11.5 Å². The van der Waals surface area contributed by atoms with E-state index in [0.717, 1.165) is 12.8 Å². The Morgan fingerprint density at radius 1 is 1.32 bits per heavy atom. The van der Waals surface area contributed by atoms with Gasteiger partial charge in [-0.2, -0.15) is 4.37 Å². The van der Waals surface area contributed by atoms with E-state index in [-0.39, 0.29) is 5.91 Å². The molecule has 4 nitrogen and oxygen atoms in total. The quantitative estimate of drug-likeness (QED) is 0.841. The second kappa shape index (κ2) is 6.43. The number of benzene rings is 1. The first-order valence-corrected chi connectivity index (χ1v) is 7.17. The first-order valence-electron chi connectivity index (χ1n) is 6.39. The Kier molecular flexibility index (Phi) is 4.63. The fourth-order valence-corrected chi connectivity index (χ4v) is 2.43. The van der Waals surface area contributed by atoms with Crippen LogP contribution in [0, 0.1) is 6.92 Å². The number of nitrogens with zero attached hydrogens (tertiary/aromatic N) is 3. The van der Waals surface area contributed by atoms with Gasteiger partial charge in [0.15, 0.2) is 0 Å². The van der Waals surface area contributed by atoms with Crippen LogP contribution in [0.3, 0.4) is 0 Å². The van der Waals surface area contributed by atoms with Gasteiger partial charge in [0.05, 0.1) is 0 Å². The minimum Gasteiger partial charge on any atom is -0.283 e. The van der Waals surface area contributed by atoms with Gasteiger partial charge in [-0.1, -0.05) is 31.5 Å². The summed E-state index contributed by atoms with van der Waals surface area (Å²) in [7, 11) is 0. The molecule has 0 N–H and O–H groups in total. The molecule has 0 aliphatic rings. The Bertz CT molecular complexity index is 539. The van der Waals surface area contributed by atoms with Gasteiger partial charge >= 0.3 is 0 Å². The van der Waals surface area contributed by atoms with Crippen LogP contribution in [-0.2, 0) is 0 Å². The lowest BCUT2D eigenvalue weighted by atomic mass is 10.2. The first kappa shape index (κ1) is 13.7. The van der Waals surface area contributed by atoms with Crippen molar-refractivity contribution in [3.8, 4) is 0 Å². The van der Waals surface area contributed by atoms with Crippen LogP contribution < -0.4 is 4.90 Å². The Labute approximate surface area is 117 Å². The summed E-state index contributed by atoms with van der Waals surface area (Å²) < 4.78 is 4.16. The Balaban J connectivity index is 2.25. The van der Waals surface area contributed by atoms with Gasteiger partial charge in [-0.05, 0) is 25.5 Å². The second-order valence-electron chi connectivity index (χ2n) is 4.30. The maximum atomic E-state index is 12.5. The van der Waals surface area contributed by atoms with E-state index in [2.05, 4.69) is 16.3 Å². The zero-order chi connectivity index (χ0) is 13.7. The number of amides is 1. The van der Waals surface area contributed by atoms with Gasteiger partial charge in [0.1, 0.15) is 5.82 Å². The lowest BCUT2D eigenvalue weighted by Gasteiger charge is -2.19. The molecule has 2 rings (SSSR count). The molecule has 0 bridgehead atoms. The smallest absolute Gasteiger partial charge is 0.260 e. The summed E-state index contributed by atoms with van der Waals surface area (Å²) >= 11 is 1.28. The molecule has 0 atom stereocenters. The monoisotopic (exact) mass is 275 g/mol. The van der Waals surface area contributed by atoms with Gasteiger partial charge in [-0.15, -0.1) is 0 Å². The molecule has 1 amide bonds. The maximum Gasteiger partial charge on any atom is 0.260 e. The number of carbonyl (C=O) groups is 1. The summed E-state index contributed by atoms with van der Waals surface area (Å²) in [6.07, 6.45) is 1.99. The largest absolute Gasteiger partial charge is 0.283 e. The van der Waals surface area contributed by atoms with Crippen LogP contribution in [0.15, 0.2) is 30.3 Å². The number of aromatic nitrogens is 2. The zero-order valence-electron chi connectivity index (χ0n) is 11.2. The van der Waals surface area contributed by atoms with Crippen molar-refractivity contribution in [3.63, 3.8) is 0 Å². The summed E-state index contributed by atoms with van der Waals surface area (Å²) in [6.45, 7) is 4.63. The third kappa shape index (κ3) is 3.38. The van der Waals surface area contributed by atoms with Crippen molar-refractivity contribution >= 4 is 22.6 Å². The van der Waals surface area contributed by atoms with E-state index in [4.69, 9.17) is 0 Å². The highest BCUT2D eigenvalue weighted by Crippen LogP contribution is 2.20. The van der Waals surface area contributed by atoms with Crippen LogP contribution in [0.4, 0.5) is 5.13 Å². The molecular formula is C14H17N3OS. The molecule has 0 fully saturated rings. The van der Waals surface area contributed by atoms with Crippen LogP contribution in [0.2, 0.25) is 0 Å². The molecule has 0 aliphatic carbocycles. The normalized spacial score (nSPS) is 10.4. The highest BCUT2D eigenvalue weighted by molar-refractivity contribution is 7.09. The van der Waals surface area contributed by atoms with E-state index in [1.165, 1.54) is 11.5 Å². The van der Waals surface area contributed by atoms with Crippen molar-refractivity contribution in [1.82, 2.24) is 9.36 Å². The number of rotatable bonds is 5. The fourth-order valence-electron chi connectivity index (χ4n) is 1.73. The average Bonchev–Trinajstić information content (AvgIpc) is 2.86. The lowest BCUT2D eigenvalue weighted by Crippen LogP contribution is -2.31. The van der Waals surface area contributed by atoms with Gasteiger partial charge in [0, 0.05) is 23.6 Å². The number of carbonyl (C=O) groups excluding carboxylic acids is 1. The van der Waals surface area contributed by atoms with E-state index < -0.39 is 0 Å². The average molecular weight is 275 g/mol. The zero-order valence-corrected chi connectivity index (χ0v) is 12.0. The van der Waals surface area contributed by atoms with Crippen LogP contribution in [0.25, 0.3) is 0 Å². The first-order chi connectivity index (χ1) is 9.22. The van der Waals surface area contributed by atoms with Crippen molar-refractivity contribution in [2.45, 2.75) is 26.7 Å². The number of aryl methyl sites for hydroxylation is 1. The molecule has 0 aliphatic heterocycles. The van der Waals surface area contributed by atoms with Gasteiger partial charge in [-0.3, -0.25) is 9.69 Å². The number of hydrogen-bond acceptors (Lipinski definition) is 4. The second-order valence-corrected chi connectivity index (χ2v) is 5.03. The van der Waals surface area contributed by atoms with E-state index in [0.29, 0.717) is 23.1 Å². The van der Waals surface area contributed by atoms with E-state index in [1.807, 2.05) is 37.3 Å². The Hall–Kier alpha value is -1.75. The molecule has 0 unspecified atom stereocenters. The van der Waals surface area contributed by atoms with Crippen molar-refractivity contribution in [1.29, 1.82) is 0 Å². The summed E-state index contributed by atoms with van der Waals surface area (Å²) in [5.74, 6) is 0.701. The maximum absolute atomic E-state index is 12.5. The molecule has 1 heterocycles.